The first kappa shape index (κ1) is 30.6. The summed E-state index contributed by atoms with van der Waals surface area (Å²) in [6.45, 7) is -0.685. The number of aliphatic carboxylic acids is 1. The lowest BCUT2D eigenvalue weighted by molar-refractivity contribution is -0.318. The standard InChI is InChI=1S/C27H28O16/c28-10-3-1-9(2-4-10)14-7-13(30)17-12(29)5-11(6-15(17)41-14)40-27-23(36)19(32)18(31)16(42-27)8-39-26-22(35)20(33)21(34)24(43-26)25(37)38/h1-7,16,18-24,26-29,31-36H,8H2,(H,37,38)/t16-,18-,19+,20+,21-,22-,23-,24+,26-,27-/m1/s1. The smallest absolute Gasteiger partial charge is 0.335 e. The lowest BCUT2D eigenvalue weighted by Crippen LogP contribution is -2.62. The van der Waals surface area contributed by atoms with E-state index in [9.17, 15) is 55.5 Å². The summed E-state index contributed by atoms with van der Waals surface area (Å²) in [6.07, 6.45) is -18.2. The van der Waals surface area contributed by atoms with E-state index in [4.69, 9.17) is 23.4 Å². The predicted molar refractivity (Wildman–Crippen MR) is 139 cm³/mol. The number of ether oxygens (including phenoxy) is 4. The van der Waals surface area contributed by atoms with E-state index in [-0.39, 0.29) is 28.2 Å². The van der Waals surface area contributed by atoms with Crippen molar-refractivity contribution in [2.45, 2.75) is 61.4 Å². The highest BCUT2D eigenvalue weighted by molar-refractivity contribution is 5.86. The van der Waals surface area contributed by atoms with E-state index in [2.05, 4.69) is 0 Å². The van der Waals surface area contributed by atoms with Crippen LogP contribution in [0.2, 0.25) is 0 Å². The maximum atomic E-state index is 12.7. The van der Waals surface area contributed by atoms with E-state index in [0.717, 1.165) is 12.1 Å². The van der Waals surface area contributed by atoms with Crippen LogP contribution in [0.4, 0.5) is 0 Å². The van der Waals surface area contributed by atoms with E-state index in [1.54, 1.807) is 0 Å². The van der Waals surface area contributed by atoms with Crippen molar-refractivity contribution in [1.82, 2.24) is 0 Å². The van der Waals surface area contributed by atoms with E-state index in [1.165, 1.54) is 30.3 Å². The van der Waals surface area contributed by atoms with Crippen LogP contribution in [-0.2, 0) is 19.0 Å². The average Bonchev–Trinajstić information content (AvgIpc) is 2.96. The molecule has 1 aromatic heterocycles. The van der Waals surface area contributed by atoms with Gasteiger partial charge in [-0.1, -0.05) is 0 Å². The number of aliphatic hydroxyl groups is 6. The molecule has 9 N–H and O–H groups in total. The molecule has 232 valence electrons. The van der Waals surface area contributed by atoms with E-state index in [0.29, 0.717) is 5.56 Å². The molecular formula is C27H28O16. The van der Waals surface area contributed by atoms with E-state index in [1.807, 2.05) is 0 Å². The summed E-state index contributed by atoms with van der Waals surface area (Å²) >= 11 is 0. The van der Waals surface area contributed by atoms with Gasteiger partial charge >= 0.3 is 5.97 Å². The topological polar surface area (TPSA) is 266 Å². The molecule has 5 rings (SSSR count). The Morgan fingerprint density at radius 2 is 1.44 bits per heavy atom. The number of rotatable bonds is 7. The van der Waals surface area contributed by atoms with E-state index < -0.39 is 85.2 Å². The molecule has 0 unspecified atom stereocenters. The fraction of sp³-hybridized carbons (Fsp3) is 0.407. The first-order chi connectivity index (χ1) is 20.3. The zero-order valence-corrected chi connectivity index (χ0v) is 21.9. The van der Waals surface area contributed by atoms with Crippen molar-refractivity contribution in [3.05, 3.63) is 52.7 Å². The minimum absolute atomic E-state index is 0.00874. The summed E-state index contributed by atoms with van der Waals surface area (Å²) in [6, 6.07) is 9.17. The fourth-order valence-electron chi connectivity index (χ4n) is 4.74. The highest BCUT2D eigenvalue weighted by Crippen LogP contribution is 2.34. The second-order valence-corrected chi connectivity index (χ2v) is 10.0. The van der Waals surface area contributed by atoms with Gasteiger partial charge in [0.1, 0.15) is 76.7 Å². The molecule has 2 fully saturated rings. The number of aliphatic hydroxyl groups excluding tert-OH is 6. The quantitative estimate of drug-likeness (QED) is 0.140. The number of fused-ring (bicyclic) bond motifs is 1. The van der Waals surface area contributed by atoms with E-state index >= 15 is 0 Å². The molecule has 0 amide bonds. The number of carboxylic acids is 1. The molecule has 0 radical (unpaired) electrons. The summed E-state index contributed by atoms with van der Waals surface area (Å²) in [4.78, 5) is 24.0. The third kappa shape index (κ3) is 6.00. The van der Waals surface area contributed by atoms with Crippen LogP contribution in [-0.4, -0.2) is 120 Å². The van der Waals surface area contributed by atoms with Crippen molar-refractivity contribution in [3.63, 3.8) is 0 Å². The summed E-state index contributed by atoms with van der Waals surface area (Å²) in [5.41, 5.74) is -0.265. The Hall–Kier alpha value is -3.84. The van der Waals surface area contributed by atoms with Crippen LogP contribution in [0.15, 0.2) is 51.7 Å². The Morgan fingerprint density at radius 1 is 0.791 bits per heavy atom. The van der Waals surface area contributed by atoms with Gasteiger partial charge in [-0.05, 0) is 24.3 Å². The minimum atomic E-state index is -1.96. The average molecular weight is 609 g/mol. The van der Waals surface area contributed by atoms with Crippen molar-refractivity contribution in [3.8, 4) is 28.6 Å². The van der Waals surface area contributed by atoms with Crippen LogP contribution in [0.1, 0.15) is 0 Å². The highest BCUT2D eigenvalue weighted by Gasteiger charge is 2.49. The number of benzene rings is 2. The zero-order valence-electron chi connectivity index (χ0n) is 21.9. The number of phenols is 2. The molecule has 3 heterocycles. The molecule has 16 heteroatoms. The SMILES string of the molecule is O=C(O)[C@H]1O[C@@H](OC[C@H]2O[C@@H](Oc3cc(O)c4c(=O)cc(-c5ccc(O)cc5)oc4c3)[C@H](O)[C@@H](O)[C@@H]2O)[C@H](O)[C@@H](O)[C@H]1O. The first-order valence-electron chi connectivity index (χ1n) is 12.9. The van der Waals surface area contributed by atoms with Gasteiger partial charge in [0.25, 0.3) is 0 Å². The van der Waals surface area contributed by atoms with Crippen LogP contribution in [0, 0.1) is 0 Å². The summed E-state index contributed by atoms with van der Waals surface area (Å²) in [5.74, 6) is -2.27. The third-order valence-electron chi connectivity index (χ3n) is 7.09. The van der Waals surface area contributed by atoms with Gasteiger partial charge in [-0.3, -0.25) is 4.79 Å². The second-order valence-electron chi connectivity index (χ2n) is 10.0. The van der Waals surface area contributed by atoms with Gasteiger partial charge in [-0.25, -0.2) is 4.79 Å². The van der Waals surface area contributed by atoms with Gasteiger partial charge in [-0.15, -0.1) is 0 Å². The normalized spacial score (nSPS) is 32.9. The minimum Gasteiger partial charge on any atom is -0.508 e. The number of phenolic OH excluding ortho intramolecular Hbond substituents is 2. The van der Waals surface area contributed by atoms with Gasteiger partial charge in [0, 0.05) is 23.8 Å². The predicted octanol–water partition coefficient (Wildman–Crippen LogP) is -2.03. The van der Waals surface area contributed by atoms with Crippen LogP contribution < -0.4 is 10.2 Å². The first-order valence-corrected chi connectivity index (χ1v) is 12.9. The van der Waals surface area contributed by atoms with Gasteiger partial charge in [-0.2, -0.15) is 0 Å². The molecule has 0 bridgehead atoms. The lowest BCUT2D eigenvalue weighted by atomic mass is 9.98. The molecule has 2 aromatic carbocycles. The molecule has 2 aliphatic heterocycles. The maximum absolute atomic E-state index is 12.7. The van der Waals surface area contributed by atoms with Crippen molar-refractivity contribution in [2.24, 2.45) is 0 Å². The summed E-state index contributed by atoms with van der Waals surface area (Å²) in [5, 5.41) is 90.3. The van der Waals surface area contributed by atoms with Crippen molar-refractivity contribution < 1.29 is 74.1 Å². The number of carbonyl (C=O) groups is 1. The maximum Gasteiger partial charge on any atom is 0.335 e. The molecule has 10 atom stereocenters. The Morgan fingerprint density at radius 3 is 2.12 bits per heavy atom. The molecule has 2 aliphatic rings. The van der Waals surface area contributed by atoms with Gasteiger partial charge < -0.3 is 69.3 Å². The molecule has 0 saturated carbocycles. The molecule has 0 aliphatic carbocycles. The van der Waals surface area contributed by atoms with Crippen molar-refractivity contribution in [2.75, 3.05) is 6.61 Å². The zero-order chi connectivity index (χ0) is 31.2. The number of carboxylic acid groups (broad SMARTS) is 1. The Bertz CT molecular complexity index is 1520. The van der Waals surface area contributed by atoms with Crippen LogP contribution in [0.3, 0.4) is 0 Å². The third-order valence-corrected chi connectivity index (χ3v) is 7.09. The Balaban J connectivity index is 1.35. The molecule has 3 aromatic rings. The Labute approximate surface area is 240 Å². The number of aromatic hydroxyl groups is 2. The van der Waals surface area contributed by atoms with Crippen LogP contribution in [0.5, 0.6) is 17.2 Å². The van der Waals surface area contributed by atoms with Crippen molar-refractivity contribution in [1.29, 1.82) is 0 Å². The van der Waals surface area contributed by atoms with Gasteiger partial charge in [0.2, 0.25) is 6.29 Å². The highest BCUT2D eigenvalue weighted by atomic mass is 16.7. The molecule has 2 saturated heterocycles. The molecule has 43 heavy (non-hydrogen) atoms. The summed E-state index contributed by atoms with van der Waals surface area (Å²) in [7, 11) is 0. The summed E-state index contributed by atoms with van der Waals surface area (Å²) < 4.78 is 27.2. The largest absolute Gasteiger partial charge is 0.508 e. The second kappa shape index (κ2) is 12.0. The molecule has 16 nitrogen and oxygen atoms in total. The molecular weight excluding hydrogens is 580 g/mol. The Kier molecular flexibility index (Phi) is 8.57. The van der Waals surface area contributed by atoms with Crippen LogP contribution >= 0.6 is 0 Å². The van der Waals surface area contributed by atoms with Gasteiger partial charge in [0.15, 0.2) is 17.8 Å². The fourth-order valence-corrected chi connectivity index (χ4v) is 4.74. The molecule has 0 spiro atoms. The number of hydrogen-bond donors (Lipinski definition) is 9. The monoisotopic (exact) mass is 608 g/mol. The number of hydrogen-bond acceptors (Lipinski definition) is 15. The van der Waals surface area contributed by atoms with Gasteiger partial charge in [0.05, 0.1) is 6.61 Å². The van der Waals surface area contributed by atoms with Crippen LogP contribution in [0.25, 0.3) is 22.3 Å². The van der Waals surface area contributed by atoms with Crippen molar-refractivity contribution >= 4 is 16.9 Å². The lowest BCUT2D eigenvalue weighted by Gasteiger charge is -2.42.